The molecule has 1 aromatic heterocycles. The highest BCUT2D eigenvalue weighted by Gasteiger charge is 2.20. The number of carbonyl (C=O) groups excluding carboxylic acids is 1. The minimum Gasteiger partial charge on any atom is -0.459 e. The van der Waals surface area contributed by atoms with E-state index >= 15 is 0 Å². The fourth-order valence-corrected chi connectivity index (χ4v) is 2.69. The van der Waals surface area contributed by atoms with Gasteiger partial charge in [-0.05, 0) is 30.9 Å². The minimum atomic E-state index is -0.120. The van der Waals surface area contributed by atoms with E-state index in [1.54, 1.807) is 12.1 Å². The van der Waals surface area contributed by atoms with Gasteiger partial charge in [0.2, 0.25) is 0 Å². The van der Waals surface area contributed by atoms with E-state index in [2.05, 4.69) is 17.6 Å². The molecule has 0 aromatic carbocycles. The predicted octanol–water partition coefficient (Wildman–Crippen LogP) is 1.15. The van der Waals surface area contributed by atoms with E-state index in [9.17, 15) is 4.79 Å². The molecule has 0 radical (unpaired) electrons. The van der Waals surface area contributed by atoms with Crippen molar-refractivity contribution in [1.29, 1.82) is 0 Å². The molecule has 0 spiro atoms. The zero-order chi connectivity index (χ0) is 12.8. The molecule has 1 aromatic rings. The van der Waals surface area contributed by atoms with Gasteiger partial charge in [-0.15, -0.1) is 0 Å². The second-order valence-corrected chi connectivity index (χ2v) is 5.29. The summed E-state index contributed by atoms with van der Waals surface area (Å²) in [6, 6.07) is 4.15. The first-order valence-electron chi connectivity index (χ1n) is 6.90. The highest BCUT2D eigenvalue weighted by atomic mass is 16.3. The van der Waals surface area contributed by atoms with E-state index in [1.165, 1.54) is 31.9 Å². The molecule has 0 aliphatic heterocycles. The molecule has 4 nitrogen and oxygen atoms in total. The molecule has 2 rings (SSSR count). The highest BCUT2D eigenvalue weighted by molar-refractivity contribution is 5.91. The number of rotatable bonds is 5. The van der Waals surface area contributed by atoms with Crippen LogP contribution in [0.15, 0.2) is 22.8 Å². The van der Waals surface area contributed by atoms with Gasteiger partial charge in [0.1, 0.15) is 0 Å². The molecule has 3 N–H and O–H groups in total. The first kappa shape index (κ1) is 13.1. The van der Waals surface area contributed by atoms with E-state index in [0.29, 0.717) is 12.3 Å². The number of nitrogens with two attached hydrogens (primary N) is 1. The number of carbonyl (C=O) groups is 1. The Labute approximate surface area is 108 Å². The number of nitrogens with one attached hydrogen (secondary N) is 1. The Morgan fingerprint density at radius 3 is 3.17 bits per heavy atom. The second kappa shape index (κ2) is 6.59. The summed E-state index contributed by atoms with van der Waals surface area (Å²) in [7, 11) is 0. The van der Waals surface area contributed by atoms with Crippen LogP contribution in [0.1, 0.15) is 43.2 Å². The highest BCUT2D eigenvalue weighted by Crippen LogP contribution is 2.21. The molecule has 1 amide bonds. The molecule has 4 heteroatoms. The molecule has 18 heavy (non-hydrogen) atoms. The summed E-state index contributed by atoms with van der Waals surface area (Å²) in [5.74, 6) is 1.13. The first-order chi connectivity index (χ1) is 8.75. The SMILES string of the molecule is C[C@H]1CCC[C@@H]([NH2+]CCNC(=O)c2ccco2)C1. The topological polar surface area (TPSA) is 58.9 Å². The van der Waals surface area contributed by atoms with Crippen LogP contribution in [0.4, 0.5) is 0 Å². The van der Waals surface area contributed by atoms with Crippen LogP contribution in [-0.2, 0) is 0 Å². The van der Waals surface area contributed by atoms with Gasteiger partial charge in [0, 0.05) is 6.42 Å². The minimum absolute atomic E-state index is 0.120. The number of furan rings is 1. The van der Waals surface area contributed by atoms with Crippen molar-refractivity contribution in [1.82, 2.24) is 5.32 Å². The molecular formula is C14H23N2O2+. The molecule has 1 fully saturated rings. The number of hydrogen-bond acceptors (Lipinski definition) is 2. The van der Waals surface area contributed by atoms with Gasteiger partial charge in [-0.2, -0.15) is 0 Å². The van der Waals surface area contributed by atoms with Gasteiger partial charge in [0.25, 0.3) is 5.91 Å². The first-order valence-corrected chi connectivity index (χ1v) is 6.90. The lowest BCUT2D eigenvalue weighted by Gasteiger charge is -2.24. The van der Waals surface area contributed by atoms with Crippen LogP contribution in [0.3, 0.4) is 0 Å². The molecule has 100 valence electrons. The van der Waals surface area contributed by atoms with Crippen molar-refractivity contribution < 1.29 is 14.5 Å². The Hall–Kier alpha value is -1.29. The van der Waals surface area contributed by atoms with Gasteiger partial charge >= 0.3 is 0 Å². The molecule has 1 aliphatic carbocycles. The standard InChI is InChI=1S/C14H22N2O2/c1-11-4-2-5-12(10-11)15-7-8-16-14(17)13-6-3-9-18-13/h3,6,9,11-12,15H,2,4-5,7-8,10H2,1H3,(H,16,17)/p+1/t11-,12+/m0/s1. The lowest BCUT2D eigenvalue weighted by Crippen LogP contribution is -2.91. The van der Waals surface area contributed by atoms with Crippen molar-refractivity contribution >= 4 is 5.91 Å². The molecule has 2 atom stereocenters. The maximum atomic E-state index is 11.6. The summed E-state index contributed by atoms with van der Waals surface area (Å²) < 4.78 is 5.03. The van der Waals surface area contributed by atoms with Crippen molar-refractivity contribution in [2.24, 2.45) is 5.92 Å². The fraction of sp³-hybridized carbons (Fsp3) is 0.643. The Balaban J connectivity index is 1.60. The van der Waals surface area contributed by atoms with Crippen LogP contribution >= 0.6 is 0 Å². The Morgan fingerprint density at radius 1 is 1.56 bits per heavy atom. The molecule has 1 aliphatic rings. The Kier molecular flexibility index (Phi) is 4.81. The van der Waals surface area contributed by atoms with Crippen LogP contribution in [0.2, 0.25) is 0 Å². The summed E-state index contributed by atoms with van der Waals surface area (Å²) >= 11 is 0. The maximum absolute atomic E-state index is 11.6. The second-order valence-electron chi connectivity index (χ2n) is 5.29. The van der Waals surface area contributed by atoms with E-state index in [-0.39, 0.29) is 5.91 Å². The monoisotopic (exact) mass is 251 g/mol. The van der Waals surface area contributed by atoms with Crippen molar-refractivity contribution in [2.45, 2.75) is 38.6 Å². The number of amides is 1. The number of hydrogen-bond donors (Lipinski definition) is 2. The molecular weight excluding hydrogens is 228 g/mol. The fourth-order valence-electron chi connectivity index (χ4n) is 2.69. The van der Waals surface area contributed by atoms with Crippen LogP contribution in [0.5, 0.6) is 0 Å². The Bertz CT molecular complexity index is 362. The maximum Gasteiger partial charge on any atom is 0.287 e. The molecule has 0 bridgehead atoms. The van der Waals surface area contributed by atoms with E-state index in [1.807, 2.05) is 0 Å². The average molecular weight is 251 g/mol. The van der Waals surface area contributed by atoms with Gasteiger partial charge in [-0.25, -0.2) is 0 Å². The lowest BCUT2D eigenvalue weighted by atomic mass is 9.87. The average Bonchev–Trinajstić information content (AvgIpc) is 2.88. The van der Waals surface area contributed by atoms with Crippen LogP contribution in [0, 0.1) is 5.92 Å². The van der Waals surface area contributed by atoms with Gasteiger partial charge in [-0.1, -0.05) is 13.3 Å². The quantitative estimate of drug-likeness (QED) is 0.771. The summed E-state index contributed by atoms with van der Waals surface area (Å²) in [6.45, 7) is 3.98. The third kappa shape index (κ3) is 3.88. The van der Waals surface area contributed by atoms with Crippen molar-refractivity contribution in [3.63, 3.8) is 0 Å². The van der Waals surface area contributed by atoms with Gasteiger partial charge < -0.3 is 15.1 Å². The summed E-state index contributed by atoms with van der Waals surface area (Å²) in [4.78, 5) is 11.6. The summed E-state index contributed by atoms with van der Waals surface area (Å²) in [5.41, 5.74) is 0. The van der Waals surface area contributed by atoms with E-state index in [0.717, 1.165) is 18.5 Å². The Morgan fingerprint density at radius 2 is 2.44 bits per heavy atom. The van der Waals surface area contributed by atoms with E-state index in [4.69, 9.17) is 4.42 Å². The van der Waals surface area contributed by atoms with Crippen molar-refractivity contribution in [3.05, 3.63) is 24.2 Å². The number of quaternary nitrogens is 1. The molecule has 0 unspecified atom stereocenters. The zero-order valence-corrected chi connectivity index (χ0v) is 11.0. The smallest absolute Gasteiger partial charge is 0.287 e. The van der Waals surface area contributed by atoms with Gasteiger partial charge in [-0.3, -0.25) is 4.79 Å². The summed E-state index contributed by atoms with van der Waals surface area (Å²) in [5, 5.41) is 5.25. The van der Waals surface area contributed by atoms with Crippen molar-refractivity contribution in [3.8, 4) is 0 Å². The van der Waals surface area contributed by atoms with Crippen LogP contribution < -0.4 is 10.6 Å². The normalized spacial score (nSPS) is 23.8. The third-order valence-electron chi connectivity index (χ3n) is 3.65. The molecule has 1 saturated carbocycles. The zero-order valence-electron chi connectivity index (χ0n) is 11.0. The molecule has 1 heterocycles. The van der Waals surface area contributed by atoms with Crippen molar-refractivity contribution in [2.75, 3.05) is 13.1 Å². The predicted molar refractivity (Wildman–Crippen MR) is 69.3 cm³/mol. The lowest BCUT2D eigenvalue weighted by molar-refractivity contribution is -0.690. The van der Waals surface area contributed by atoms with Gasteiger partial charge in [0.15, 0.2) is 5.76 Å². The van der Waals surface area contributed by atoms with Crippen LogP contribution in [-0.4, -0.2) is 25.0 Å². The summed E-state index contributed by atoms with van der Waals surface area (Å²) in [6.07, 6.45) is 6.87. The van der Waals surface area contributed by atoms with Gasteiger partial charge in [0.05, 0.1) is 25.4 Å². The molecule has 0 saturated heterocycles. The van der Waals surface area contributed by atoms with Crippen LogP contribution in [0.25, 0.3) is 0 Å². The largest absolute Gasteiger partial charge is 0.459 e. The van der Waals surface area contributed by atoms with E-state index < -0.39 is 0 Å². The third-order valence-corrected chi connectivity index (χ3v) is 3.65.